The molecule has 0 aliphatic heterocycles. The van der Waals surface area contributed by atoms with E-state index in [2.05, 4.69) is 32.2 Å². The Morgan fingerprint density at radius 3 is 2.38 bits per heavy atom. The number of rotatable bonds is 1. The van der Waals surface area contributed by atoms with Crippen LogP contribution in [-0.4, -0.2) is 5.11 Å². The Kier molecular flexibility index (Phi) is 1.83. The van der Waals surface area contributed by atoms with Crippen molar-refractivity contribution >= 4 is 11.3 Å². The summed E-state index contributed by atoms with van der Waals surface area (Å²) in [6.07, 6.45) is 1.88. The molecular formula is C11H16OS. The van der Waals surface area contributed by atoms with Gasteiger partial charge in [0, 0.05) is 4.88 Å². The van der Waals surface area contributed by atoms with E-state index in [1.807, 2.05) is 0 Å². The van der Waals surface area contributed by atoms with Crippen LogP contribution in [0, 0.1) is 0 Å². The predicted molar refractivity (Wildman–Crippen MR) is 56.1 cm³/mol. The second kappa shape index (κ2) is 2.58. The van der Waals surface area contributed by atoms with Gasteiger partial charge in [0.15, 0.2) is 0 Å². The molecule has 0 atom stereocenters. The van der Waals surface area contributed by atoms with Gasteiger partial charge in [0.05, 0.1) is 5.60 Å². The van der Waals surface area contributed by atoms with Gasteiger partial charge in [-0.3, -0.25) is 0 Å². The third kappa shape index (κ3) is 1.65. The lowest BCUT2D eigenvalue weighted by atomic mass is 9.93. The number of hydrogen-bond donors (Lipinski definition) is 1. The van der Waals surface area contributed by atoms with Crippen molar-refractivity contribution in [1.82, 2.24) is 0 Å². The van der Waals surface area contributed by atoms with E-state index in [1.165, 1.54) is 4.88 Å². The van der Waals surface area contributed by atoms with Gasteiger partial charge < -0.3 is 5.11 Å². The van der Waals surface area contributed by atoms with E-state index in [9.17, 15) is 5.11 Å². The Labute approximate surface area is 83.4 Å². The molecule has 0 aromatic carbocycles. The highest BCUT2D eigenvalue weighted by Gasteiger charge is 2.43. The molecule has 0 unspecified atom stereocenters. The van der Waals surface area contributed by atoms with Crippen LogP contribution in [-0.2, 0) is 11.0 Å². The zero-order chi connectivity index (χ0) is 9.69. The molecule has 1 heterocycles. The fourth-order valence-electron chi connectivity index (χ4n) is 1.38. The van der Waals surface area contributed by atoms with Crippen LogP contribution in [0.2, 0.25) is 0 Å². The first-order valence-corrected chi connectivity index (χ1v) is 5.62. The minimum Gasteiger partial charge on any atom is -0.385 e. The highest BCUT2D eigenvalue weighted by molar-refractivity contribution is 7.10. The molecule has 72 valence electrons. The number of thiophene rings is 1. The van der Waals surface area contributed by atoms with Crippen LogP contribution in [0.25, 0.3) is 0 Å². The first-order valence-electron chi connectivity index (χ1n) is 4.74. The van der Waals surface area contributed by atoms with Crippen molar-refractivity contribution in [3.63, 3.8) is 0 Å². The normalized spacial score (nSPS) is 20.3. The van der Waals surface area contributed by atoms with Crippen molar-refractivity contribution in [3.05, 3.63) is 21.9 Å². The average Bonchev–Trinajstić information content (AvgIpc) is 2.60. The van der Waals surface area contributed by atoms with Crippen LogP contribution in [0.15, 0.2) is 11.4 Å². The van der Waals surface area contributed by atoms with Gasteiger partial charge in [-0.05, 0) is 35.3 Å². The number of hydrogen-bond acceptors (Lipinski definition) is 2. The Morgan fingerprint density at radius 1 is 1.38 bits per heavy atom. The number of aliphatic hydroxyl groups is 1. The van der Waals surface area contributed by atoms with Crippen molar-refractivity contribution in [3.8, 4) is 0 Å². The third-order valence-electron chi connectivity index (χ3n) is 2.60. The summed E-state index contributed by atoms with van der Waals surface area (Å²) in [6, 6.07) is 2.16. The van der Waals surface area contributed by atoms with Crippen LogP contribution in [0.4, 0.5) is 0 Å². The van der Waals surface area contributed by atoms with Gasteiger partial charge in [0.2, 0.25) is 0 Å². The molecule has 1 saturated carbocycles. The molecule has 1 N–H and O–H groups in total. The quantitative estimate of drug-likeness (QED) is 0.732. The maximum atomic E-state index is 9.89. The summed E-state index contributed by atoms with van der Waals surface area (Å²) in [4.78, 5) is 1.36. The molecule has 2 heteroatoms. The molecule has 13 heavy (non-hydrogen) atoms. The van der Waals surface area contributed by atoms with Gasteiger partial charge in [0.1, 0.15) is 0 Å². The summed E-state index contributed by atoms with van der Waals surface area (Å²) in [5.74, 6) is 0. The summed E-state index contributed by atoms with van der Waals surface area (Å²) in [7, 11) is 0. The fourth-order valence-corrected chi connectivity index (χ4v) is 2.47. The fraction of sp³-hybridized carbons (Fsp3) is 0.636. The minimum absolute atomic E-state index is 0.216. The standard InChI is InChI=1S/C11H16OS/c1-10(2,3)9-6-8(7-13-9)11(12)4-5-11/h6-7,12H,4-5H2,1-3H3. The molecule has 0 amide bonds. The Bertz CT molecular complexity index is 295. The van der Waals surface area contributed by atoms with E-state index in [-0.39, 0.29) is 5.41 Å². The molecule has 1 aliphatic rings. The zero-order valence-corrected chi connectivity index (χ0v) is 9.24. The molecule has 0 radical (unpaired) electrons. The smallest absolute Gasteiger partial charge is 0.0907 e. The van der Waals surface area contributed by atoms with Gasteiger partial charge >= 0.3 is 0 Å². The lowest BCUT2D eigenvalue weighted by Gasteiger charge is -2.15. The van der Waals surface area contributed by atoms with E-state index < -0.39 is 5.60 Å². The SMILES string of the molecule is CC(C)(C)c1cc(C2(O)CC2)cs1. The van der Waals surface area contributed by atoms with Crippen LogP contribution in [0.3, 0.4) is 0 Å². The molecule has 0 saturated heterocycles. The molecule has 1 aromatic heterocycles. The van der Waals surface area contributed by atoms with Gasteiger partial charge in [-0.1, -0.05) is 20.8 Å². The van der Waals surface area contributed by atoms with Crippen LogP contribution >= 0.6 is 11.3 Å². The summed E-state index contributed by atoms with van der Waals surface area (Å²) in [5, 5.41) is 12.0. The highest BCUT2D eigenvalue weighted by atomic mass is 32.1. The summed E-state index contributed by atoms with van der Waals surface area (Å²) in [6.45, 7) is 6.62. The van der Waals surface area contributed by atoms with E-state index in [0.717, 1.165) is 18.4 Å². The zero-order valence-electron chi connectivity index (χ0n) is 8.42. The van der Waals surface area contributed by atoms with Crippen LogP contribution in [0.5, 0.6) is 0 Å². The van der Waals surface area contributed by atoms with Gasteiger partial charge in [-0.25, -0.2) is 0 Å². The van der Waals surface area contributed by atoms with Gasteiger partial charge in [0.25, 0.3) is 0 Å². The Hall–Kier alpha value is -0.340. The first kappa shape index (κ1) is 9.22. The van der Waals surface area contributed by atoms with Crippen molar-refractivity contribution < 1.29 is 5.11 Å². The Balaban J connectivity index is 2.29. The molecule has 2 rings (SSSR count). The van der Waals surface area contributed by atoms with E-state index in [1.54, 1.807) is 11.3 Å². The monoisotopic (exact) mass is 196 g/mol. The minimum atomic E-state index is -0.458. The molecular weight excluding hydrogens is 180 g/mol. The summed E-state index contributed by atoms with van der Waals surface area (Å²) < 4.78 is 0. The summed E-state index contributed by atoms with van der Waals surface area (Å²) in [5.41, 5.74) is 0.885. The largest absolute Gasteiger partial charge is 0.385 e. The maximum Gasteiger partial charge on any atom is 0.0907 e. The van der Waals surface area contributed by atoms with Gasteiger partial charge in [-0.15, -0.1) is 11.3 Å². The lowest BCUT2D eigenvalue weighted by Crippen LogP contribution is -2.09. The molecule has 1 aliphatic carbocycles. The average molecular weight is 196 g/mol. The van der Waals surface area contributed by atoms with Crippen LogP contribution in [0.1, 0.15) is 44.1 Å². The van der Waals surface area contributed by atoms with E-state index in [4.69, 9.17) is 0 Å². The lowest BCUT2D eigenvalue weighted by molar-refractivity contribution is 0.152. The topological polar surface area (TPSA) is 20.2 Å². The second-order valence-electron chi connectivity index (χ2n) is 4.98. The van der Waals surface area contributed by atoms with Crippen molar-refractivity contribution in [2.45, 2.75) is 44.6 Å². The first-order chi connectivity index (χ1) is 5.92. The van der Waals surface area contributed by atoms with Crippen molar-refractivity contribution in [2.24, 2.45) is 0 Å². The molecule has 1 fully saturated rings. The second-order valence-corrected chi connectivity index (χ2v) is 5.89. The van der Waals surface area contributed by atoms with Crippen molar-refractivity contribution in [2.75, 3.05) is 0 Å². The molecule has 1 nitrogen and oxygen atoms in total. The van der Waals surface area contributed by atoms with Gasteiger partial charge in [-0.2, -0.15) is 0 Å². The molecule has 0 bridgehead atoms. The van der Waals surface area contributed by atoms with Crippen molar-refractivity contribution in [1.29, 1.82) is 0 Å². The molecule has 1 aromatic rings. The van der Waals surface area contributed by atoms with Crippen LogP contribution < -0.4 is 0 Å². The van der Waals surface area contributed by atoms with E-state index >= 15 is 0 Å². The third-order valence-corrected chi connectivity index (χ3v) is 3.96. The Morgan fingerprint density at radius 2 is 2.00 bits per heavy atom. The maximum absolute atomic E-state index is 9.89. The molecule has 0 spiro atoms. The predicted octanol–water partition coefficient (Wildman–Crippen LogP) is 3.03. The van der Waals surface area contributed by atoms with E-state index in [0.29, 0.717) is 0 Å². The highest BCUT2D eigenvalue weighted by Crippen LogP contribution is 2.47. The summed E-state index contributed by atoms with van der Waals surface area (Å²) >= 11 is 1.76.